The predicted molar refractivity (Wildman–Crippen MR) is 64.0 cm³/mol. The molecule has 0 aliphatic carbocycles. The lowest BCUT2D eigenvalue weighted by Crippen LogP contribution is -2.56. The second-order valence-electron chi connectivity index (χ2n) is 4.19. The number of likely N-dealkylation sites (tertiary alicyclic amines) is 1. The molecule has 1 aliphatic rings. The van der Waals surface area contributed by atoms with E-state index in [0.717, 1.165) is 24.5 Å². The summed E-state index contributed by atoms with van der Waals surface area (Å²) in [4.78, 5) is 2.42. The zero-order valence-electron chi connectivity index (χ0n) is 8.99. The van der Waals surface area contributed by atoms with Gasteiger partial charge in [-0.3, -0.25) is 4.90 Å². The van der Waals surface area contributed by atoms with Crippen LogP contribution in [0.4, 0.5) is 0 Å². The van der Waals surface area contributed by atoms with E-state index < -0.39 is 0 Å². The van der Waals surface area contributed by atoms with Crippen LogP contribution in [0.15, 0.2) is 24.3 Å². The Hall–Kier alpha value is -0.570. The molecule has 2 N–H and O–H groups in total. The van der Waals surface area contributed by atoms with E-state index in [0.29, 0.717) is 12.1 Å². The van der Waals surface area contributed by atoms with Gasteiger partial charge in [0.05, 0.1) is 0 Å². The maximum absolute atomic E-state index is 5.88. The lowest BCUT2D eigenvalue weighted by Gasteiger charge is -2.42. The highest BCUT2D eigenvalue weighted by Crippen LogP contribution is 2.28. The Balaban J connectivity index is 2.09. The van der Waals surface area contributed by atoms with Crippen LogP contribution in [-0.2, 0) is 0 Å². The lowest BCUT2D eigenvalue weighted by atomic mass is 9.98. The minimum atomic E-state index is 0.367. The van der Waals surface area contributed by atoms with Crippen molar-refractivity contribution in [2.75, 3.05) is 13.1 Å². The summed E-state index contributed by atoms with van der Waals surface area (Å²) in [5.41, 5.74) is 7.14. The molecule has 0 saturated carbocycles. The first-order valence-corrected chi connectivity index (χ1v) is 5.83. The molecule has 1 aromatic rings. The summed E-state index contributed by atoms with van der Waals surface area (Å²) in [6, 6.07) is 9.01. The van der Waals surface area contributed by atoms with Gasteiger partial charge < -0.3 is 5.73 Å². The van der Waals surface area contributed by atoms with Gasteiger partial charge in [-0.05, 0) is 24.1 Å². The molecule has 1 unspecified atom stereocenters. The highest BCUT2D eigenvalue weighted by molar-refractivity contribution is 6.30. The molecule has 15 heavy (non-hydrogen) atoms. The fraction of sp³-hybridized carbons (Fsp3) is 0.500. The molecule has 0 bridgehead atoms. The van der Waals surface area contributed by atoms with Crippen molar-refractivity contribution in [3.63, 3.8) is 0 Å². The van der Waals surface area contributed by atoms with Crippen LogP contribution in [0.1, 0.15) is 24.9 Å². The predicted octanol–water partition coefficient (Wildman–Crippen LogP) is 2.43. The number of hydrogen-bond acceptors (Lipinski definition) is 2. The number of benzene rings is 1. The summed E-state index contributed by atoms with van der Waals surface area (Å²) in [5, 5.41) is 0.800. The molecule has 2 rings (SSSR count). The van der Waals surface area contributed by atoms with Gasteiger partial charge in [-0.1, -0.05) is 30.7 Å². The number of rotatable bonds is 3. The average Bonchev–Trinajstić information content (AvgIpc) is 2.19. The van der Waals surface area contributed by atoms with Gasteiger partial charge >= 0.3 is 0 Å². The van der Waals surface area contributed by atoms with Gasteiger partial charge in [0.25, 0.3) is 0 Å². The van der Waals surface area contributed by atoms with Crippen molar-refractivity contribution in [3.8, 4) is 0 Å². The molecule has 1 aromatic carbocycles. The van der Waals surface area contributed by atoms with E-state index in [9.17, 15) is 0 Å². The highest BCUT2D eigenvalue weighted by atomic mass is 35.5. The van der Waals surface area contributed by atoms with Crippen molar-refractivity contribution in [2.45, 2.75) is 25.4 Å². The largest absolute Gasteiger partial charge is 0.325 e. The first-order valence-electron chi connectivity index (χ1n) is 5.45. The molecule has 1 atom stereocenters. The Labute approximate surface area is 96.0 Å². The van der Waals surface area contributed by atoms with E-state index in [4.69, 9.17) is 17.3 Å². The Morgan fingerprint density at radius 3 is 2.47 bits per heavy atom. The average molecular weight is 225 g/mol. The Morgan fingerprint density at radius 2 is 2.00 bits per heavy atom. The first-order chi connectivity index (χ1) is 7.20. The molecule has 0 aromatic heterocycles. The summed E-state index contributed by atoms with van der Waals surface area (Å²) in [6.07, 6.45) is 1.12. The number of nitrogens with zero attached hydrogens (tertiary/aromatic N) is 1. The molecule has 82 valence electrons. The minimum Gasteiger partial charge on any atom is -0.325 e. The molecule has 2 nitrogen and oxygen atoms in total. The fourth-order valence-corrected chi connectivity index (χ4v) is 2.32. The summed E-state index contributed by atoms with van der Waals surface area (Å²) in [5.74, 6) is 0. The van der Waals surface area contributed by atoms with Crippen molar-refractivity contribution in [3.05, 3.63) is 34.9 Å². The Morgan fingerprint density at radius 1 is 1.40 bits per heavy atom. The molecular weight excluding hydrogens is 208 g/mol. The lowest BCUT2D eigenvalue weighted by molar-refractivity contribution is 0.0911. The molecule has 3 heteroatoms. The summed E-state index contributed by atoms with van der Waals surface area (Å²) < 4.78 is 0. The molecule has 1 saturated heterocycles. The van der Waals surface area contributed by atoms with Gasteiger partial charge in [0.2, 0.25) is 0 Å². The van der Waals surface area contributed by atoms with Crippen LogP contribution >= 0.6 is 11.6 Å². The first kappa shape index (κ1) is 10.9. The van der Waals surface area contributed by atoms with Crippen LogP contribution in [0.5, 0.6) is 0 Å². The van der Waals surface area contributed by atoms with E-state index in [-0.39, 0.29) is 0 Å². The van der Waals surface area contributed by atoms with E-state index in [1.165, 1.54) is 5.56 Å². The van der Waals surface area contributed by atoms with Gasteiger partial charge in [0.15, 0.2) is 0 Å². The maximum atomic E-state index is 5.88. The highest BCUT2D eigenvalue weighted by Gasteiger charge is 2.29. The van der Waals surface area contributed by atoms with Gasteiger partial charge in [-0.15, -0.1) is 0 Å². The van der Waals surface area contributed by atoms with E-state index in [2.05, 4.69) is 24.0 Å². The van der Waals surface area contributed by atoms with Crippen LogP contribution < -0.4 is 5.73 Å². The second kappa shape index (κ2) is 4.52. The molecule has 1 fully saturated rings. The monoisotopic (exact) mass is 224 g/mol. The molecular formula is C12H17ClN2. The summed E-state index contributed by atoms with van der Waals surface area (Å²) >= 11 is 5.88. The van der Waals surface area contributed by atoms with Crippen molar-refractivity contribution in [1.82, 2.24) is 4.90 Å². The summed E-state index contributed by atoms with van der Waals surface area (Å²) in [7, 11) is 0. The molecule has 1 heterocycles. The van der Waals surface area contributed by atoms with Crippen LogP contribution in [0.2, 0.25) is 5.02 Å². The fourth-order valence-electron chi connectivity index (χ4n) is 2.19. The van der Waals surface area contributed by atoms with Crippen molar-refractivity contribution >= 4 is 11.6 Å². The van der Waals surface area contributed by atoms with Gasteiger partial charge in [-0.25, -0.2) is 0 Å². The zero-order chi connectivity index (χ0) is 10.8. The Bertz CT molecular complexity index is 317. The van der Waals surface area contributed by atoms with Crippen molar-refractivity contribution in [1.29, 1.82) is 0 Å². The third-order valence-corrected chi connectivity index (χ3v) is 3.27. The Kier molecular flexibility index (Phi) is 3.29. The van der Waals surface area contributed by atoms with Gasteiger partial charge in [-0.2, -0.15) is 0 Å². The zero-order valence-corrected chi connectivity index (χ0v) is 9.74. The molecule has 0 amide bonds. The van der Waals surface area contributed by atoms with E-state index >= 15 is 0 Å². The maximum Gasteiger partial charge on any atom is 0.0406 e. The second-order valence-corrected chi connectivity index (χ2v) is 4.63. The van der Waals surface area contributed by atoms with Crippen LogP contribution in [-0.4, -0.2) is 24.0 Å². The van der Waals surface area contributed by atoms with E-state index in [1.54, 1.807) is 0 Å². The third-order valence-electron chi connectivity index (χ3n) is 3.02. The van der Waals surface area contributed by atoms with Gasteiger partial charge in [0.1, 0.15) is 0 Å². The third kappa shape index (κ3) is 2.33. The van der Waals surface area contributed by atoms with Crippen LogP contribution in [0.3, 0.4) is 0 Å². The normalized spacial score (nSPS) is 19.9. The smallest absolute Gasteiger partial charge is 0.0406 e. The molecule has 0 spiro atoms. The topological polar surface area (TPSA) is 29.3 Å². The van der Waals surface area contributed by atoms with Gasteiger partial charge in [0, 0.05) is 30.2 Å². The standard InChI is InChI=1S/C12H17ClN2/c1-2-12(15-7-11(14)8-15)9-3-5-10(13)6-4-9/h3-6,11-12H,2,7-8,14H2,1H3. The van der Waals surface area contributed by atoms with Crippen molar-refractivity contribution < 1.29 is 0 Å². The van der Waals surface area contributed by atoms with Crippen LogP contribution in [0.25, 0.3) is 0 Å². The molecule has 1 aliphatic heterocycles. The number of hydrogen-bond donors (Lipinski definition) is 1. The minimum absolute atomic E-state index is 0.367. The quantitative estimate of drug-likeness (QED) is 0.855. The summed E-state index contributed by atoms with van der Waals surface area (Å²) in [6.45, 7) is 4.24. The SMILES string of the molecule is CCC(c1ccc(Cl)cc1)N1CC(N)C1. The molecule has 0 radical (unpaired) electrons. The number of halogens is 1. The van der Waals surface area contributed by atoms with Crippen LogP contribution in [0, 0.1) is 0 Å². The van der Waals surface area contributed by atoms with E-state index in [1.807, 2.05) is 12.1 Å². The van der Waals surface area contributed by atoms with Crippen molar-refractivity contribution in [2.24, 2.45) is 5.73 Å². The number of nitrogens with two attached hydrogens (primary N) is 1.